The van der Waals surface area contributed by atoms with Crippen LogP contribution in [-0.2, 0) is 0 Å². The molecule has 0 atom stereocenters. The largest absolute Gasteiger partial charge is 0.323 e. The molecule has 0 aliphatic rings. The Morgan fingerprint density at radius 3 is 2.35 bits per heavy atom. The van der Waals surface area contributed by atoms with Gasteiger partial charge in [0, 0.05) is 28.2 Å². The molecule has 5 nitrogen and oxygen atoms in total. The Hall–Kier alpha value is -1.89. The number of hydrogen-bond acceptors (Lipinski definition) is 2. The van der Waals surface area contributed by atoms with Gasteiger partial charge in [-0.3, -0.25) is 4.79 Å². The molecule has 120 valence electrons. The zero-order valence-corrected chi connectivity index (χ0v) is 14.4. The highest BCUT2D eigenvalue weighted by molar-refractivity contribution is 7.97. The number of hydrogen-bond donors (Lipinski definition) is 3. The Bertz CT molecular complexity index is 755. The molecule has 0 saturated heterocycles. The Kier molecular flexibility index (Phi) is 5.76. The van der Waals surface area contributed by atoms with E-state index in [1.165, 1.54) is 0 Å². The van der Waals surface area contributed by atoms with Crippen molar-refractivity contribution in [2.24, 2.45) is 0 Å². The number of carbonyl (C=O) groups excluding carboxylic acids is 2. The number of nitrogens with one attached hydrogen (secondary N) is 2. The molecule has 0 radical (unpaired) electrons. The topological polar surface area (TPSA) is 61.4 Å². The summed E-state index contributed by atoms with van der Waals surface area (Å²) >= 11 is 15.4. The third kappa shape index (κ3) is 4.79. The van der Waals surface area contributed by atoms with Crippen molar-refractivity contribution in [1.82, 2.24) is 0 Å². The molecule has 23 heavy (non-hydrogen) atoms. The molecule has 3 amide bonds. The predicted octanol–water partition coefficient (Wildman–Crippen LogP) is 5.30. The average Bonchev–Trinajstić information content (AvgIpc) is 2.50. The molecule has 0 aliphatic heterocycles. The van der Waals surface area contributed by atoms with Crippen molar-refractivity contribution in [3.05, 3.63) is 53.1 Å². The lowest BCUT2D eigenvalue weighted by Gasteiger charge is -2.13. The first-order valence-electron chi connectivity index (χ1n) is 6.50. The van der Waals surface area contributed by atoms with E-state index >= 15 is 0 Å². The number of rotatable bonds is 3. The Balaban J connectivity index is 2.06. The number of nitrogens with zero attached hydrogens (tertiary/aromatic N) is 1. The fourth-order valence-corrected chi connectivity index (χ4v) is 2.18. The van der Waals surface area contributed by atoms with Crippen LogP contribution in [0, 0.1) is 6.92 Å². The molecular weight excluding hydrogens is 357 g/mol. The third-order valence-corrected chi connectivity index (χ3v) is 4.00. The van der Waals surface area contributed by atoms with E-state index < -0.39 is 11.3 Å². The van der Waals surface area contributed by atoms with Gasteiger partial charge in [-0.1, -0.05) is 36.4 Å². The highest BCUT2D eigenvalue weighted by Gasteiger charge is 2.10. The molecule has 0 aliphatic carbocycles. The smallest absolute Gasteiger partial charge is 0.308 e. The second-order valence-corrected chi connectivity index (χ2v) is 5.78. The number of carbonyl (C=O) groups is 2. The molecule has 0 fully saturated rings. The molecule has 2 aromatic carbocycles. The van der Waals surface area contributed by atoms with Crippen LogP contribution in [0.15, 0.2) is 42.5 Å². The van der Waals surface area contributed by atoms with Crippen LogP contribution in [0.25, 0.3) is 0 Å². The normalized spacial score (nSPS) is 10.1. The molecule has 0 bridgehead atoms. The maximum absolute atomic E-state index is 12.0. The summed E-state index contributed by atoms with van der Waals surface area (Å²) in [5.74, 6) is 0. The van der Waals surface area contributed by atoms with Crippen molar-refractivity contribution in [2.75, 3.05) is 15.1 Å². The highest BCUT2D eigenvalue weighted by atomic mass is 35.5. The van der Waals surface area contributed by atoms with Crippen molar-refractivity contribution in [3.8, 4) is 0 Å². The van der Waals surface area contributed by atoms with Crippen molar-refractivity contribution < 1.29 is 9.59 Å². The number of aryl methyl sites for hydroxylation is 1. The number of urea groups is 1. The average molecular weight is 370 g/mol. The summed E-state index contributed by atoms with van der Waals surface area (Å²) in [7, 11) is 0. The Morgan fingerprint density at radius 2 is 1.74 bits per heavy atom. The van der Waals surface area contributed by atoms with Crippen LogP contribution in [0.2, 0.25) is 5.02 Å². The number of anilines is 3. The number of benzene rings is 2. The van der Waals surface area contributed by atoms with Gasteiger partial charge in [-0.25, -0.2) is 9.21 Å². The van der Waals surface area contributed by atoms with E-state index in [1.54, 1.807) is 36.4 Å². The third-order valence-electron chi connectivity index (χ3n) is 2.93. The van der Waals surface area contributed by atoms with E-state index in [1.807, 2.05) is 13.0 Å². The maximum Gasteiger partial charge on any atom is 0.323 e. The van der Waals surface area contributed by atoms with Crippen molar-refractivity contribution in [3.63, 3.8) is 0 Å². The van der Waals surface area contributed by atoms with Crippen LogP contribution in [0.1, 0.15) is 5.56 Å². The maximum atomic E-state index is 12.0. The summed E-state index contributed by atoms with van der Waals surface area (Å²) in [6, 6.07) is 11.2. The molecule has 0 spiro atoms. The van der Waals surface area contributed by atoms with Gasteiger partial charge in [0.2, 0.25) is 0 Å². The van der Waals surface area contributed by atoms with Gasteiger partial charge in [-0.15, -0.1) is 0 Å². The van der Waals surface area contributed by atoms with Gasteiger partial charge in [0.25, 0.3) is 5.24 Å². The van der Waals surface area contributed by atoms with Crippen LogP contribution >= 0.6 is 36.0 Å². The van der Waals surface area contributed by atoms with Crippen LogP contribution in [0.3, 0.4) is 0 Å². The molecule has 0 heterocycles. The summed E-state index contributed by atoms with van der Waals surface area (Å²) in [6.45, 7) is 1.87. The zero-order valence-electron chi connectivity index (χ0n) is 12.0. The Labute approximate surface area is 149 Å². The quantitative estimate of drug-likeness (QED) is 0.507. The minimum Gasteiger partial charge on any atom is -0.308 e. The van der Waals surface area contributed by atoms with Gasteiger partial charge in [0.15, 0.2) is 0 Å². The highest BCUT2D eigenvalue weighted by Crippen LogP contribution is 2.23. The standard InChI is InChI=1S/C15H13Cl2N3O2S/c1-9-5-6-11(8-13(9)16)19-14(21)18-10-3-2-4-12(7-10)20(17)15(22)23/h2-8H,1H3,(H,22,23)(H2,18,19,21). The first-order valence-corrected chi connectivity index (χ1v) is 7.66. The minimum atomic E-state index is -0.623. The number of halogens is 2. The van der Waals surface area contributed by atoms with Crippen molar-refractivity contribution >= 4 is 64.3 Å². The van der Waals surface area contributed by atoms with E-state index in [0.717, 1.165) is 9.98 Å². The lowest BCUT2D eigenvalue weighted by Crippen LogP contribution is -2.20. The van der Waals surface area contributed by atoms with Crippen molar-refractivity contribution in [2.45, 2.75) is 6.92 Å². The molecule has 2 rings (SSSR count). The van der Waals surface area contributed by atoms with Crippen LogP contribution < -0.4 is 15.1 Å². The molecular formula is C15H13Cl2N3O2S. The van der Waals surface area contributed by atoms with Crippen LogP contribution in [-0.4, -0.2) is 11.3 Å². The summed E-state index contributed by atoms with van der Waals surface area (Å²) in [6.07, 6.45) is 0. The molecule has 2 N–H and O–H groups in total. The monoisotopic (exact) mass is 369 g/mol. The first-order chi connectivity index (χ1) is 10.9. The molecule has 0 unspecified atom stereocenters. The summed E-state index contributed by atoms with van der Waals surface area (Å²) in [5.41, 5.74) is 2.35. The molecule has 2 aromatic rings. The Morgan fingerprint density at radius 1 is 1.09 bits per heavy atom. The molecule has 0 aromatic heterocycles. The lowest BCUT2D eigenvalue weighted by atomic mass is 10.2. The summed E-state index contributed by atoms with van der Waals surface area (Å²) in [4.78, 5) is 23.1. The fourth-order valence-electron chi connectivity index (χ4n) is 1.78. The minimum absolute atomic E-state index is 0.392. The molecule has 8 heteroatoms. The van der Waals surface area contributed by atoms with E-state index in [4.69, 9.17) is 23.4 Å². The van der Waals surface area contributed by atoms with Gasteiger partial charge < -0.3 is 10.6 Å². The fraction of sp³-hybridized carbons (Fsp3) is 0.0667. The second-order valence-electron chi connectivity index (χ2n) is 4.66. The first kappa shape index (κ1) is 17.5. The van der Waals surface area contributed by atoms with Gasteiger partial charge in [0.1, 0.15) is 0 Å². The van der Waals surface area contributed by atoms with Gasteiger partial charge in [-0.05, 0) is 42.8 Å². The second kappa shape index (κ2) is 7.59. The SMILES string of the molecule is Cc1ccc(NC(=O)Nc2cccc(N(Cl)C(=O)S)c2)cc1Cl. The number of amides is 3. The van der Waals surface area contributed by atoms with Gasteiger partial charge in [0.05, 0.1) is 5.69 Å². The van der Waals surface area contributed by atoms with E-state index in [9.17, 15) is 9.59 Å². The van der Waals surface area contributed by atoms with E-state index in [0.29, 0.717) is 22.1 Å². The van der Waals surface area contributed by atoms with Crippen LogP contribution in [0.5, 0.6) is 0 Å². The zero-order chi connectivity index (χ0) is 17.0. The van der Waals surface area contributed by atoms with Crippen LogP contribution in [0.4, 0.5) is 26.7 Å². The van der Waals surface area contributed by atoms with E-state index in [-0.39, 0.29) is 0 Å². The van der Waals surface area contributed by atoms with E-state index in [2.05, 4.69) is 23.3 Å². The summed E-state index contributed by atoms with van der Waals surface area (Å²) < 4.78 is 0.839. The van der Waals surface area contributed by atoms with Gasteiger partial charge in [-0.2, -0.15) is 0 Å². The molecule has 0 saturated carbocycles. The lowest BCUT2D eigenvalue weighted by molar-refractivity contribution is 0.262. The summed E-state index contributed by atoms with van der Waals surface area (Å²) in [5, 5.41) is 5.25. The van der Waals surface area contributed by atoms with Crippen molar-refractivity contribution in [1.29, 1.82) is 0 Å². The van der Waals surface area contributed by atoms with Gasteiger partial charge >= 0.3 is 6.03 Å². The number of thiol groups is 1. The predicted molar refractivity (Wildman–Crippen MR) is 98.0 cm³/mol.